The molecule has 0 saturated carbocycles. The molecule has 0 atom stereocenters. The van der Waals surface area contributed by atoms with Gasteiger partial charge in [-0.3, -0.25) is 4.79 Å². The van der Waals surface area contributed by atoms with Gasteiger partial charge in [0.15, 0.2) is 14.1 Å². The molecule has 0 aliphatic heterocycles. The number of carbonyl (C=O) groups is 1. The summed E-state index contributed by atoms with van der Waals surface area (Å²) < 4.78 is 11.4. The fourth-order valence-electron chi connectivity index (χ4n) is 1.07. The normalized spacial score (nSPS) is 12.6. The second-order valence-corrected chi connectivity index (χ2v) is 12.7. The third kappa shape index (κ3) is 7.19. The fraction of sp³-hybridized carbons (Fsp3) is 0.667. The highest BCUT2D eigenvalue weighted by Gasteiger charge is 2.31. The first-order valence-corrected chi connectivity index (χ1v) is 10.9. The van der Waals surface area contributed by atoms with E-state index in [1.165, 1.54) is 6.08 Å². The van der Waals surface area contributed by atoms with Gasteiger partial charge in [-0.15, -0.1) is 0 Å². The lowest BCUT2D eigenvalue weighted by Crippen LogP contribution is -2.45. The Kier molecular flexibility index (Phi) is 4.93. The van der Waals surface area contributed by atoms with Crippen molar-refractivity contribution in [1.82, 2.24) is 0 Å². The van der Waals surface area contributed by atoms with E-state index in [0.717, 1.165) is 0 Å². The molecule has 0 fully saturated rings. The van der Waals surface area contributed by atoms with Crippen LogP contribution in [0.4, 0.5) is 0 Å². The molecule has 0 aromatic rings. The molecule has 0 aliphatic carbocycles. The highest BCUT2D eigenvalue weighted by Crippen LogP contribution is 2.14. The molecular weight excluding hydrogens is 212 g/mol. The third-order valence-electron chi connectivity index (χ3n) is 1.34. The first kappa shape index (κ1) is 13.8. The predicted molar refractivity (Wildman–Crippen MR) is 63.1 cm³/mol. The van der Waals surface area contributed by atoms with Gasteiger partial charge in [-0.05, 0) is 38.8 Å². The standard InChI is InChI=1S/C9H20O3Si2/c1-7-9(10)8-11-14(5,6)12-13(2,3)4/h7H,1,8H2,2-6H3. The smallest absolute Gasteiger partial charge is 0.321 e. The molecule has 3 nitrogen and oxygen atoms in total. The van der Waals surface area contributed by atoms with Gasteiger partial charge in [0.1, 0.15) is 0 Å². The summed E-state index contributed by atoms with van der Waals surface area (Å²) in [5, 5.41) is 0. The molecule has 0 radical (unpaired) electrons. The Bertz CT molecular complexity index is 219. The van der Waals surface area contributed by atoms with Gasteiger partial charge < -0.3 is 8.54 Å². The summed E-state index contributed by atoms with van der Waals surface area (Å²) >= 11 is 0. The molecule has 0 aliphatic rings. The van der Waals surface area contributed by atoms with Crippen molar-refractivity contribution in [3.63, 3.8) is 0 Å². The third-order valence-corrected chi connectivity index (χ3v) is 6.60. The quantitative estimate of drug-likeness (QED) is 0.521. The zero-order chi connectivity index (χ0) is 11.4. The van der Waals surface area contributed by atoms with Crippen molar-refractivity contribution < 1.29 is 13.3 Å². The zero-order valence-corrected chi connectivity index (χ0v) is 11.7. The molecule has 0 aromatic heterocycles. The van der Waals surface area contributed by atoms with Crippen molar-refractivity contribution in [3.8, 4) is 0 Å². The summed E-state index contributed by atoms with van der Waals surface area (Å²) in [5.74, 6) is -0.0928. The van der Waals surface area contributed by atoms with Gasteiger partial charge in [-0.25, -0.2) is 0 Å². The molecule has 0 rings (SSSR count). The maximum Gasteiger partial charge on any atom is 0.321 e. The van der Waals surface area contributed by atoms with Gasteiger partial charge in [-0.1, -0.05) is 6.58 Å². The van der Waals surface area contributed by atoms with Crippen molar-refractivity contribution in [2.45, 2.75) is 32.7 Å². The van der Waals surface area contributed by atoms with E-state index in [2.05, 4.69) is 26.2 Å². The lowest BCUT2D eigenvalue weighted by molar-refractivity contribution is -0.116. The lowest BCUT2D eigenvalue weighted by Gasteiger charge is -2.30. The van der Waals surface area contributed by atoms with Crippen LogP contribution in [0.3, 0.4) is 0 Å². The SMILES string of the molecule is C=CC(=O)CO[Si](C)(C)O[Si](C)(C)C. The topological polar surface area (TPSA) is 35.5 Å². The maximum absolute atomic E-state index is 11.0. The highest BCUT2D eigenvalue weighted by molar-refractivity contribution is 6.81. The van der Waals surface area contributed by atoms with Crippen LogP contribution >= 0.6 is 0 Å². The molecule has 5 heteroatoms. The van der Waals surface area contributed by atoms with Crippen molar-refractivity contribution in [1.29, 1.82) is 0 Å². The van der Waals surface area contributed by atoms with Crippen LogP contribution in [0, 0.1) is 0 Å². The average Bonchev–Trinajstić information content (AvgIpc) is 1.96. The van der Waals surface area contributed by atoms with Gasteiger partial charge in [0, 0.05) is 0 Å². The van der Waals surface area contributed by atoms with E-state index in [9.17, 15) is 4.79 Å². The summed E-state index contributed by atoms with van der Waals surface area (Å²) in [7, 11) is -3.70. The molecular formula is C9H20O3Si2. The molecule has 0 spiro atoms. The first-order chi connectivity index (χ1) is 6.16. The van der Waals surface area contributed by atoms with Gasteiger partial charge in [0.05, 0.1) is 6.61 Å². The molecule has 0 aromatic carbocycles. The minimum Gasteiger partial charge on any atom is -0.436 e. The molecule has 82 valence electrons. The first-order valence-electron chi connectivity index (χ1n) is 4.66. The summed E-state index contributed by atoms with van der Waals surface area (Å²) in [6.45, 7) is 13.7. The van der Waals surface area contributed by atoms with Crippen molar-refractivity contribution in [2.75, 3.05) is 6.61 Å². The van der Waals surface area contributed by atoms with Gasteiger partial charge >= 0.3 is 8.56 Å². The van der Waals surface area contributed by atoms with Crippen LogP contribution in [-0.4, -0.2) is 29.3 Å². The highest BCUT2D eigenvalue weighted by atomic mass is 28.4. The van der Waals surface area contributed by atoms with E-state index >= 15 is 0 Å². The second kappa shape index (κ2) is 5.02. The molecule has 0 heterocycles. The van der Waals surface area contributed by atoms with Crippen molar-refractivity contribution in [3.05, 3.63) is 12.7 Å². The minimum atomic E-state index is -2.12. The number of hydrogen-bond donors (Lipinski definition) is 0. The Morgan fingerprint density at radius 2 is 1.79 bits per heavy atom. The Hall–Kier alpha value is -0.236. The zero-order valence-electron chi connectivity index (χ0n) is 9.72. The number of carbonyl (C=O) groups excluding carboxylic acids is 1. The summed E-state index contributed by atoms with van der Waals surface area (Å²) in [4.78, 5) is 11.0. The largest absolute Gasteiger partial charge is 0.436 e. The van der Waals surface area contributed by atoms with E-state index < -0.39 is 16.9 Å². The Morgan fingerprint density at radius 1 is 1.29 bits per heavy atom. The monoisotopic (exact) mass is 232 g/mol. The Balaban J connectivity index is 4.08. The van der Waals surface area contributed by atoms with Gasteiger partial charge in [0.2, 0.25) is 0 Å². The Morgan fingerprint density at radius 3 is 2.14 bits per heavy atom. The van der Waals surface area contributed by atoms with Crippen LogP contribution in [0.5, 0.6) is 0 Å². The van der Waals surface area contributed by atoms with E-state index in [-0.39, 0.29) is 12.4 Å². The molecule has 0 N–H and O–H groups in total. The molecule has 0 saturated heterocycles. The van der Waals surface area contributed by atoms with Crippen LogP contribution in [-0.2, 0) is 13.3 Å². The molecule has 0 unspecified atom stereocenters. The van der Waals surface area contributed by atoms with Crippen molar-refractivity contribution >= 4 is 22.7 Å². The van der Waals surface area contributed by atoms with Crippen LogP contribution in [0.2, 0.25) is 32.7 Å². The van der Waals surface area contributed by atoms with Crippen LogP contribution < -0.4 is 0 Å². The Labute approximate surface area is 88.5 Å². The van der Waals surface area contributed by atoms with Crippen LogP contribution in [0.25, 0.3) is 0 Å². The summed E-state index contributed by atoms with van der Waals surface area (Å²) in [6.07, 6.45) is 1.28. The van der Waals surface area contributed by atoms with E-state index in [1.807, 2.05) is 13.1 Å². The lowest BCUT2D eigenvalue weighted by atomic mass is 10.4. The van der Waals surface area contributed by atoms with Crippen molar-refractivity contribution in [2.24, 2.45) is 0 Å². The fourth-order valence-corrected chi connectivity index (χ4v) is 7.70. The molecule has 0 amide bonds. The summed E-state index contributed by atoms with van der Waals surface area (Å²) in [5.41, 5.74) is 0. The van der Waals surface area contributed by atoms with E-state index in [0.29, 0.717) is 0 Å². The average molecular weight is 232 g/mol. The van der Waals surface area contributed by atoms with Crippen LogP contribution in [0.1, 0.15) is 0 Å². The van der Waals surface area contributed by atoms with Crippen LogP contribution in [0.15, 0.2) is 12.7 Å². The van der Waals surface area contributed by atoms with E-state index in [1.54, 1.807) is 0 Å². The van der Waals surface area contributed by atoms with Gasteiger partial charge in [-0.2, -0.15) is 0 Å². The van der Waals surface area contributed by atoms with E-state index in [4.69, 9.17) is 8.54 Å². The minimum absolute atomic E-state index is 0.0905. The summed E-state index contributed by atoms with van der Waals surface area (Å²) in [6, 6.07) is 0. The predicted octanol–water partition coefficient (Wildman–Crippen LogP) is 2.31. The number of ketones is 1. The number of rotatable bonds is 6. The van der Waals surface area contributed by atoms with Gasteiger partial charge in [0.25, 0.3) is 0 Å². The molecule has 0 bridgehead atoms. The number of hydrogen-bond acceptors (Lipinski definition) is 3. The second-order valence-electron chi connectivity index (χ2n) is 4.57. The molecule has 14 heavy (non-hydrogen) atoms. The maximum atomic E-state index is 11.0.